The van der Waals surface area contributed by atoms with Gasteiger partial charge in [-0.25, -0.2) is 13.8 Å². The number of methoxy groups -OCH3 is 1. The minimum absolute atomic E-state index is 0.0642. The summed E-state index contributed by atoms with van der Waals surface area (Å²) in [6.45, 7) is 0.0642. The van der Waals surface area contributed by atoms with E-state index in [1.54, 1.807) is 30.5 Å². The van der Waals surface area contributed by atoms with Crippen molar-refractivity contribution in [2.24, 2.45) is 0 Å². The molecular formula is C25H23F2N5O4. The Morgan fingerprint density at radius 1 is 1.08 bits per heavy atom. The second kappa shape index (κ2) is 10.5. The number of amides is 2. The third kappa shape index (κ3) is 5.01. The van der Waals surface area contributed by atoms with Crippen molar-refractivity contribution in [3.8, 4) is 17.0 Å². The number of halogens is 2. The third-order valence-electron chi connectivity index (χ3n) is 5.66. The molecule has 1 atom stereocenters. The van der Waals surface area contributed by atoms with Crippen LogP contribution < -0.4 is 15.4 Å². The molecule has 2 aromatic heterocycles. The average molecular weight is 495 g/mol. The lowest BCUT2D eigenvalue weighted by molar-refractivity contribution is 0.0935. The molecule has 0 saturated heterocycles. The molecule has 0 aliphatic rings. The van der Waals surface area contributed by atoms with Crippen molar-refractivity contribution >= 4 is 22.7 Å². The van der Waals surface area contributed by atoms with Gasteiger partial charge in [0.15, 0.2) is 17.3 Å². The molecule has 186 valence electrons. The molecule has 0 spiro atoms. The van der Waals surface area contributed by atoms with Gasteiger partial charge in [0.1, 0.15) is 5.56 Å². The van der Waals surface area contributed by atoms with E-state index in [-0.39, 0.29) is 41.6 Å². The Morgan fingerprint density at radius 2 is 1.89 bits per heavy atom. The van der Waals surface area contributed by atoms with Crippen LogP contribution in [0.25, 0.3) is 22.0 Å². The van der Waals surface area contributed by atoms with Gasteiger partial charge in [-0.05, 0) is 47.9 Å². The second-order valence-corrected chi connectivity index (χ2v) is 7.93. The molecule has 0 bridgehead atoms. The van der Waals surface area contributed by atoms with E-state index >= 15 is 0 Å². The molecule has 2 amide bonds. The molecule has 36 heavy (non-hydrogen) atoms. The molecule has 0 fully saturated rings. The Bertz CT molecular complexity index is 1440. The Labute approximate surface area is 204 Å². The monoisotopic (exact) mass is 495 g/mol. The third-order valence-corrected chi connectivity index (χ3v) is 5.66. The average Bonchev–Trinajstić information content (AvgIpc) is 3.32. The number of benzene rings is 2. The van der Waals surface area contributed by atoms with Gasteiger partial charge in [0.2, 0.25) is 5.88 Å². The zero-order valence-electron chi connectivity index (χ0n) is 19.4. The van der Waals surface area contributed by atoms with Crippen LogP contribution in [0.3, 0.4) is 0 Å². The molecule has 0 saturated carbocycles. The second-order valence-electron chi connectivity index (χ2n) is 7.93. The topological polar surface area (TPSA) is 129 Å². The predicted octanol–water partition coefficient (Wildman–Crippen LogP) is 3.12. The number of rotatable bonds is 8. The number of carbonyl (C=O) groups is 2. The van der Waals surface area contributed by atoms with Crippen molar-refractivity contribution in [1.29, 1.82) is 0 Å². The van der Waals surface area contributed by atoms with Crippen molar-refractivity contribution < 1.29 is 28.2 Å². The van der Waals surface area contributed by atoms with Gasteiger partial charge in [-0.2, -0.15) is 5.10 Å². The summed E-state index contributed by atoms with van der Waals surface area (Å²) < 4.78 is 31.8. The Hall–Kier alpha value is -4.38. The molecule has 4 aromatic rings. The van der Waals surface area contributed by atoms with Gasteiger partial charge in [-0.1, -0.05) is 12.1 Å². The summed E-state index contributed by atoms with van der Waals surface area (Å²) in [5.41, 5.74) is 2.65. The SMILES string of the molecule is CNC(=O)c1n[nH]c2cc(-c3cnc(OC)c(C(=O)NCCC(O)c4ccc(F)c(F)c4)c3)ccc12. The quantitative estimate of drug-likeness (QED) is 0.297. The molecule has 4 N–H and O–H groups in total. The van der Waals surface area contributed by atoms with Crippen LogP contribution in [0.1, 0.15) is 38.9 Å². The smallest absolute Gasteiger partial charge is 0.272 e. The number of aliphatic hydroxyl groups excluding tert-OH is 1. The summed E-state index contributed by atoms with van der Waals surface area (Å²) in [6, 6.07) is 10.1. The van der Waals surface area contributed by atoms with E-state index in [9.17, 15) is 23.5 Å². The number of ether oxygens (including phenoxy) is 1. The molecule has 11 heteroatoms. The first-order valence-electron chi connectivity index (χ1n) is 11.0. The van der Waals surface area contributed by atoms with E-state index in [0.29, 0.717) is 16.5 Å². The van der Waals surface area contributed by atoms with Crippen LogP contribution in [0.15, 0.2) is 48.7 Å². The van der Waals surface area contributed by atoms with Crippen molar-refractivity contribution in [2.75, 3.05) is 20.7 Å². The molecule has 0 aliphatic heterocycles. The standard InChI is InChI=1S/C25H23F2N5O4/c1-28-24(35)22-16-5-3-13(11-20(16)31-32-22)15-9-17(25(36-2)30-12-15)23(34)29-8-7-21(33)14-4-6-18(26)19(27)10-14/h3-6,9-12,21,33H,7-8H2,1-2H3,(H,28,35)(H,29,34)(H,31,32). The summed E-state index contributed by atoms with van der Waals surface area (Å²) in [5.74, 6) is -2.74. The molecule has 9 nitrogen and oxygen atoms in total. The zero-order valence-corrected chi connectivity index (χ0v) is 19.4. The van der Waals surface area contributed by atoms with Gasteiger partial charge in [0.05, 0.1) is 18.7 Å². The lowest BCUT2D eigenvalue weighted by atomic mass is 10.0. The summed E-state index contributed by atoms with van der Waals surface area (Å²) in [7, 11) is 2.92. The van der Waals surface area contributed by atoms with E-state index in [4.69, 9.17) is 4.74 Å². The predicted molar refractivity (Wildman–Crippen MR) is 128 cm³/mol. The van der Waals surface area contributed by atoms with Gasteiger partial charge in [0, 0.05) is 30.7 Å². The number of hydrogen-bond acceptors (Lipinski definition) is 6. The molecule has 2 aromatic carbocycles. The fraction of sp³-hybridized carbons (Fsp3) is 0.200. The van der Waals surface area contributed by atoms with Gasteiger partial charge >= 0.3 is 0 Å². The first-order valence-corrected chi connectivity index (χ1v) is 11.0. The van der Waals surface area contributed by atoms with Gasteiger partial charge in [0.25, 0.3) is 11.8 Å². The minimum atomic E-state index is -1.09. The largest absolute Gasteiger partial charge is 0.480 e. The summed E-state index contributed by atoms with van der Waals surface area (Å²) in [5, 5.41) is 23.0. The Kier molecular flexibility index (Phi) is 7.20. The zero-order chi connectivity index (χ0) is 25.8. The van der Waals surface area contributed by atoms with E-state index in [0.717, 1.165) is 17.7 Å². The Balaban J connectivity index is 1.50. The highest BCUT2D eigenvalue weighted by molar-refractivity contribution is 6.05. The van der Waals surface area contributed by atoms with Crippen molar-refractivity contribution in [3.63, 3.8) is 0 Å². The fourth-order valence-electron chi connectivity index (χ4n) is 3.73. The lowest BCUT2D eigenvalue weighted by Crippen LogP contribution is -2.26. The van der Waals surface area contributed by atoms with Crippen molar-refractivity contribution in [2.45, 2.75) is 12.5 Å². The molecule has 0 aliphatic carbocycles. The molecule has 2 heterocycles. The highest BCUT2D eigenvalue weighted by Gasteiger charge is 2.18. The molecular weight excluding hydrogens is 472 g/mol. The van der Waals surface area contributed by atoms with Crippen LogP contribution in [0, 0.1) is 11.6 Å². The summed E-state index contributed by atoms with van der Waals surface area (Å²) in [4.78, 5) is 29.1. The maximum absolute atomic E-state index is 13.4. The number of aromatic amines is 1. The van der Waals surface area contributed by atoms with Gasteiger partial charge in [-0.3, -0.25) is 14.7 Å². The van der Waals surface area contributed by atoms with Crippen LogP contribution in [0.4, 0.5) is 8.78 Å². The van der Waals surface area contributed by atoms with Crippen LogP contribution in [-0.2, 0) is 0 Å². The maximum Gasteiger partial charge on any atom is 0.272 e. The number of nitrogens with zero attached hydrogens (tertiary/aromatic N) is 2. The highest BCUT2D eigenvalue weighted by atomic mass is 19.2. The van der Waals surface area contributed by atoms with Crippen molar-refractivity contribution in [3.05, 3.63) is 77.1 Å². The molecule has 4 rings (SSSR count). The number of pyridine rings is 1. The van der Waals surface area contributed by atoms with E-state index < -0.39 is 23.6 Å². The fourth-order valence-corrected chi connectivity index (χ4v) is 3.73. The van der Waals surface area contributed by atoms with E-state index in [1.165, 1.54) is 20.2 Å². The number of hydrogen-bond donors (Lipinski definition) is 4. The number of aromatic nitrogens is 3. The van der Waals surface area contributed by atoms with Gasteiger partial charge < -0.3 is 20.5 Å². The number of H-pyrrole nitrogens is 1. The molecule has 0 radical (unpaired) electrons. The number of fused-ring (bicyclic) bond motifs is 1. The Morgan fingerprint density at radius 3 is 2.61 bits per heavy atom. The number of nitrogens with one attached hydrogen (secondary N) is 3. The first-order chi connectivity index (χ1) is 17.3. The molecule has 1 unspecified atom stereocenters. The van der Waals surface area contributed by atoms with Crippen molar-refractivity contribution in [1.82, 2.24) is 25.8 Å². The van der Waals surface area contributed by atoms with E-state index in [2.05, 4.69) is 25.8 Å². The van der Waals surface area contributed by atoms with Crippen LogP contribution in [0.2, 0.25) is 0 Å². The first kappa shape index (κ1) is 24.7. The van der Waals surface area contributed by atoms with Crippen LogP contribution >= 0.6 is 0 Å². The highest BCUT2D eigenvalue weighted by Crippen LogP contribution is 2.28. The van der Waals surface area contributed by atoms with Crippen LogP contribution in [0.5, 0.6) is 5.88 Å². The number of carbonyl (C=O) groups excluding carboxylic acids is 2. The lowest BCUT2D eigenvalue weighted by Gasteiger charge is -2.13. The maximum atomic E-state index is 13.4. The normalized spacial score (nSPS) is 11.8. The summed E-state index contributed by atoms with van der Waals surface area (Å²) >= 11 is 0. The van der Waals surface area contributed by atoms with Gasteiger partial charge in [-0.15, -0.1) is 0 Å². The van der Waals surface area contributed by atoms with E-state index in [1.807, 2.05) is 0 Å². The number of aliphatic hydroxyl groups is 1. The summed E-state index contributed by atoms with van der Waals surface area (Å²) in [6.07, 6.45) is 0.545. The van der Waals surface area contributed by atoms with Crippen LogP contribution in [-0.4, -0.2) is 52.8 Å². The minimum Gasteiger partial charge on any atom is -0.480 e.